The van der Waals surface area contributed by atoms with Gasteiger partial charge in [-0.15, -0.1) is 0 Å². The smallest absolute Gasteiger partial charge is 0.0161 e. The topological polar surface area (TPSA) is 0 Å². The Morgan fingerprint density at radius 2 is 2.00 bits per heavy atom. The quantitative estimate of drug-likeness (QED) is 0.621. The van der Waals surface area contributed by atoms with Crippen LogP contribution in [0.15, 0.2) is 18.2 Å². The Balaban J connectivity index is 2.00. The summed E-state index contributed by atoms with van der Waals surface area (Å²) >= 11 is 0. The molecule has 1 atom stereocenters. The lowest BCUT2D eigenvalue weighted by atomic mass is 9.83. The van der Waals surface area contributed by atoms with Crippen LogP contribution in [0.4, 0.5) is 0 Å². The molecule has 0 spiro atoms. The van der Waals surface area contributed by atoms with Crippen LogP contribution in [-0.2, 0) is 6.42 Å². The molecule has 0 bridgehead atoms. The first-order valence-corrected chi connectivity index (χ1v) is 5.97. The maximum absolute atomic E-state index is 2.49. The summed E-state index contributed by atoms with van der Waals surface area (Å²) in [5.74, 6) is 1.71. The van der Waals surface area contributed by atoms with E-state index in [4.69, 9.17) is 0 Å². The molecule has 0 amide bonds. The van der Waals surface area contributed by atoms with Gasteiger partial charge in [0.05, 0.1) is 0 Å². The molecule has 2 aliphatic rings. The van der Waals surface area contributed by atoms with Crippen LogP contribution >= 0.6 is 0 Å². The molecule has 3 rings (SSSR count). The van der Waals surface area contributed by atoms with Crippen molar-refractivity contribution in [3.8, 4) is 0 Å². The minimum atomic E-state index is 0.798. The van der Waals surface area contributed by atoms with Crippen molar-refractivity contribution in [3.63, 3.8) is 0 Å². The van der Waals surface area contributed by atoms with Gasteiger partial charge in [0.2, 0.25) is 0 Å². The lowest BCUT2D eigenvalue weighted by molar-refractivity contribution is 0.589. The minimum Gasteiger partial charge on any atom is -0.0585 e. The fourth-order valence-electron chi connectivity index (χ4n) is 2.75. The van der Waals surface area contributed by atoms with E-state index in [1.165, 1.54) is 32.1 Å². The minimum absolute atomic E-state index is 0.798. The van der Waals surface area contributed by atoms with E-state index in [0.717, 1.165) is 11.8 Å². The first-order chi connectivity index (χ1) is 6.84. The molecule has 0 aromatic heterocycles. The molecule has 0 heteroatoms. The van der Waals surface area contributed by atoms with Gasteiger partial charge >= 0.3 is 0 Å². The Morgan fingerprint density at radius 1 is 1.14 bits per heavy atom. The number of fused-ring (bicyclic) bond motifs is 1. The third-order valence-corrected chi connectivity index (χ3v) is 3.83. The van der Waals surface area contributed by atoms with Gasteiger partial charge in [-0.1, -0.05) is 25.1 Å². The van der Waals surface area contributed by atoms with Crippen LogP contribution < -0.4 is 0 Å². The summed E-state index contributed by atoms with van der Waals surface area (Å²) in [6, 6.07) is 7.26. The molecule has 14 heavy (non-hydrogen) atoms. The van der Waals surface area contributed by atoms with E-state index in [9.17, 15) is 0 Å². The number of hydrogen-bond acceptors (Lipinski definition) is 0. The molecular weight excluding hydrogens is 168 g/mol. The Labute approximate surface area is 86.3 Å². The SMILES string of the molecule is CC1CCCc2cc(C3CC3)ccc21. The summed E-state index contributed by atoms with van der Waals surface area (Å²) in [5, 5.41) is 0. The molecular formula is C14H18. The van der Waals surface area contributed by atoms with Gasteiger partial charge in [-0.3, -0.25) is 0 Å². The van der Waals surface area contributed by atoms with Gasteiger partial charge in [-0.25, -0.2) is 0 Å². The lowest BCUT2D eigenvalue weighted by Gasteiger charge is -2.22. The molecule has 0 heterocycles. The van der Waals surface area contributed by atoms with Crippen molar-refractivity contribution in [2.24, 2.45) is 0 Å². The predicted molar refractivity (Wildman–Crippen MR) is 59.8 cm³/mol. The van der Waals surface area contributed by atoms with E-state index < -0.39 is 0 Å². The third kappa shape index (κ3) is 1.37. The number of rotatable bonds is 1. The van der Waals surface area contributed by atoms with Crippen molar-refractivity contribution in [3.05, 3.63) is 34.9 Å². The van der Waals surface area contributed by atoms with Gasteiger partial charge in [0.15, 0.2) is 0 Å². The Kier molecular flexibility index (Phi) is 1.90. The highest BCUT2D eigenvalue weighted by Gasteiger charge is 2.25. The molecule has 1 aromatic rings. The second kappa shape index (κ2) is 3.12. The molecule has 74 valence electrons. The van der Waals surface area contributed by atoms with Crippen molar-refractivity contribution >= 4 is 0 Å². The van der Waals surface area contributed by atoms with Gasteiger partial charge in [-0.05, 0) is 60.6 Å². The normalized spacial score (nSPS) is 25.9. The summed E-state index contributed by atoms with van der Waals surface area (Å²) in [4.78, 5) is 0. The first-order valence-electron chi connectivity index (χ1n) is 5.97. The Hall–Kier alpha value is -0.780. The highest BCUT2D eigenvalue weighted by atomic mass is 14.3. The molecule has 0 nitrogen and oxygen atoms in total. The van der Waals surface area contributed by atoms with Crippen LogP contribution in [0.3, 0.4) is 0 Å². The summed E-state index contributed by atoms with van der Waals surface area (Å²) < 4.78 is 0. The molecule has 1 fully saturated rings. The number of hydrogen-bond donors (Lipinski definition) is 0. The molecule has 0 radical (unpaired) electrons. The van der Waals surface area contributed by atoms with Crippen molar-refractivity contribution in [2.45, 2.75) is 50.9 Å². The zero-order valence-corrected chi connectivity index (χ0v) is 8.92. The molecule has 0 aliphatic heterocycles. The number of benzene rings is 1. The van der Waals surface area contributed by atoms with Gasteiger partial charge < -0.3 is 0 Å². The Bertz CT molecular complexity index is 347. The van der Waals surface area contributed by atoms with E-state index in [1.54, 1.807) is 16.7 Å². The van der Waals surface area contributed by atoms with E-state index >= 15 is 0 Å². The van der Waals surface area contributed by atoms with Crippen LogP contribution in [0.2, 0.25) is 0 Å². The molecule has 1 unspecified atom stereocenters. The summed E-state index contributed by atoms with van der Waals surface area (Å²) in [5.41, 5.74) is 4.88. The lowest BCUT2D eigenvalue weighted by Crippen LogP contribution is -2.07. The van der Waals surface area contributed by atoms with E-state index in [0.29, 0.717) is 0 Å². The molecule has 0 saturated heterocycles. The maximum Gasteiger partial charge on any atom is -0.0161 e. The van der Waals surface area contributed by atoms with E-state index in [-0.39, 0.29) is 0 Å². The second-order valence-corrected chi connectivity index (χ2v) is 5.03. The van der Waals surface area contributed by atoms with Crippen molar-refractivity contribution in [1.29, 1.82) is 0 Å². The van der Waals surface area contributed by atoms with Crippen LogP contribution in [0.5, 0.6) is 0 Å². The van der Waals surface area contributed by atoms with Gasteiger partial charge in [0.1, 0.15) is 0 Å². The zero-order valence-electron chi connectivity index (χ0n) is 8.92. The van der Waals surface area contributed by atoms with E-state index in [2.05, 4.69) is 25.1 Å². The fraction of sp³-hybridized carbons (Fsp3) is 0.571. The maximum atomic E-state index is 2.49. The van der Waals surface area contributed by atoms with Crippen LogP contribution in [0.1, 0.15) is 61.1 Å². The molecule has 0 N–H and O–H groups in total. The fourth-order valence-corrected chi connectivity index (χ4v) is 2.75. The van der Waals surface area contributed by atoms with Gasteiger partial charge in [0.25, 0.3) is 0 Å². The van der Waals surface area contributed by atoms with Crippen LogP contribution in [0, 0.1) is 0 Å². The number of aryl methyl sites for hydroxylation is 1. The zero-order chi connectivity index (χ0) is 9.54. The molecule has 1 saturated carbocycles. The predicted octanol–water partition coefficient (Wildman–Crippen LogP) is 4.00. The third-order valence-electron chi connectivity index (χ3n) is 3.83. The summed E-state index contributed by atoms with van der Waals surface area (Å²) in [7, 11) is 0. The average Bonchev–Trinajstić information content (AvgIpc) is 3.01. The van der Waals surface area contributed by atoms with Gasteiger partial charge in [0, 0.05) is 0 Å². The summed E-state index contributed by atoms with van der Waals surface area (Å²) in [6.45, 7) is 2.37. The van der Waals surface area contributed by atoms with Crippen molar-refractivity contribution in [2.75, 3.05) is 0 Å². The second-order valence-electron chi connectivity index (χ2n) is 5.03. The van der Waals surface area contributed by atoms with E-state index in [1.807, 2.05) is 0 Å². The van der Waals surface area contributed by atoms with Crippen LogP contribution in [0.25, 0.3) is 0 Å². The Morgan fingerprint density at radius 3 is 2.79 bits per heavy atom. The van der Waals surface area contributed by atoms with Crippen molar-refractivity contribution < 1.29 is 0 Å². The molecule has 2 aliphatic carbocycles. The largest absolute Gasteiger partial charge is 0.0585 e. The first kappa shape index (κ1) is 8.52. The highest BCUT2D eigenvalue weighted by Crippen LogP contribution is 2.42. The standard InChI is InChI=1S/C14H18/c1-10-3-2-4-13-9-12(11-5-6-11)7-8-14(10)13/h7-11H,2-6H2,1H3. The van der Waals surface area contributed by atoms with Crippen molar-refractivity contribution in [1.82, 2.24) is 0 Å². The monoisotopic (exact) mass is 186 g/mol. The summed E-state index contributed by atoms with van der Waals surface area (Å²) in [6.07, 6.45) is 6.95. The van der Waals surface area contributed by atoms with Crippen LogP contribution in [-0.4, -0.2) is 0 Å². The average molecular weight is 186 g/mol. The highest BCUT2D eigenvalue weighted by molar-refractivity contribution is 5.38. The molecule has 1 aromatic carbocycles. The van der Waals surface area contributed by atoms with Gasteiger partial charge in [-0.2, -0.15) is 0 Å².